The zero-order valence-corrected chi connectivity index (χ0v) is 19.0. The van der Waals surface area contributed by atoms with Gasteiger partial charge in [0.05, 0.1) is 29.2 Å². The number of fused-ring (bicyclic) bond motifs is 1. The Hall–Kier alpha value is -3.24. The van der Waals surface area contributed by atoms with Gasteiger partial charge in [-0.15, -0.1) is 0 Å². The van der Waals surface area contributed by atoms with Crippen LogP contribution in [0.1, 0.15) is 11.1 Å². The lowest BCUT2D eigenvalue weighted by molar-refractivity contribution is -0.137. The molecule has 0 bridgehead atoms. The molecule has 0 aliphatic carbocycles. The Labute approximate surface area is 199 Å². The zero-order valence-electron chi connectivity index (χ0n) is 17.4. The second-order valence-electron chi connectivity index (χ2n) is 7.52. The minimum absolute atomic E-state index is 0.123. The highest BCUT2D eigenvalue weighted by Crippen LogP contribution is 2.38. The zero-order chi connectivity index (χ0) is 24.5. The van der Waals surface area contributed by atoms with E-state index < -0.39 is 46.0 Å². The van der Waals surface area contributed by atoms with Gasteiger partial charge in [0, 0.05) is 5.02 Å². The van der Waals surface area contributed by atoms with Crippen LogP contribution in [0.3, 0.4) is 0 Å². The van der Waals surface area contributed by atoms with Crippen molar-refractivity contribution in [3.63, 3.8) is 0 Å². The molecule has 1 aliphatic rings. The van der Waals surface area contributed by atoms with E-state index >= 15 is 0 Å². The largest absolute Gasteiger partial charge is 0.476 e. The summed E-state index contributed by atoms with van der Waals surface area (Å²) in [6, 6.07) is 17.7. The van der Waals surface area contributed by atoms with Crippen molar-refractivity contribution in [3.8, 4) is 5.75 Å². The Morgan fingerprint density at radius 1 is 1.06 bits per heavy atom. The summed E-state index contributed by atoms with van der Waals surface area (Å²) < 4.78 is 73.4. The number of nitrogens with one attached hydrogen (secondary N) is 1. The Bertz CT molecular complexity index is 1320. The maximum absolute atomic E-state index is 13.4. The second-order valence-corrected chi connectivity index (χ2v) is 9.85. The molecule has 1 N–H and O–H groups in total. The number of anilines is 2. The number of para-hydroxylation sites is 2. The standard InChI is InChI=1S/C23H18ClF3N2O4S/c24-16-10-11-18(17(12-16)23(25,26)27)28-22(30)21-13-29(19-8-4-5-9-20(19)33-21)34(31,32)14-15-6-2-1-3-7-15/h1-12,21H,13-14H2,(H,28,30). The van der Waals surface area contributed by atoms with E-state index in [1.54, 1.807) is 42.5 Å². The molecule has 3 aromatic rings. The topological polar surface area (TPSA) is 75.7 Å². The molecule has 4 rings (SSSR count). The molecule has 0 aromatic heterocycles. The van der Waals surface area contributed by atoms with E-state index in [1.165, 1.54) is 18.2 Å². The first-order valence-electron chi connectivity index (χ1n) is 10.0. The quantitative estimate of drug-likeness (QED) is 0.518. The molecule has 1 aliphatic heterocycles. The van der Waals surface area contributed by atoms with Crippen LogP contribution in [-0.4, -0.2) is 27.0 Å². The summed E-state index contributed by atoms with van der Waals surface area (Å²) in [4.78, 5) is 12.9. The molecule has 6 nitrogen and oxygen atoms in total. The van der Waals surface area contributed by atoms with Crippen LogP contribution in [0.15, 0.2) is 72.8 Å². The number of rotatable bonds is 5. The van der Waals surface area contributed by atoms with Gasteiger partial charge in [0.2, 0.25) is 10.0 Å². The van der Waals surface area contributed by atoms with Crippen LogP contribution < -0.4 is 14.4 Å². The molecule has 34 heavy (non-hydrogen) atoms. The van der Waals surface area contributed by atoms with Crippen molar-refractivity contribution in [2.75, 3.05) is 16.2 Å². The number of alkyl halides is 3. The third kappa shape index (κ3) is 5.13. The van der Waals surface area contributed by atoms with Gasteiger partial charge in [0.25, 0.3) is 5.91 Å². The molecule has 0 radical (unpaired) electrons. The fraction of sp³-hybridized carbons (Fsp3) is 0.174. The Balaban J connectivity index is 1.63. The highest BCUT2D eigenvalue weighted by molar-refractivity contribution is 7.92. The number of amides is 1. The van der Waals surface area contributed by atoms with Crippen LogP contribution in [0.4, 0.5) is 24.5 Å². The predicted octanol–water partition coefficient (Wildman–Crippen LogP) is 5.09. The van der Waals surface area contributed by atoms with Gasteiger partial charge >= 0.3 is 6.18 Å². The number of nitrogens with zero attached hydrogens (tertiary/aromatic N) is 1. The first-order chi connectivity index (χ1) is 16.0. The average molecular weight is 511 g/mol. The number of sulfonamides is 1. The van der Waals surface area contributed by atoms with Crippen LogP contribution >= 0.6 is 11.6 Å². The van der Waals surface area contributed by atoms with Crippen molar-refractivity contribution in [1.82, 2.24) is 0 Å². The Kier molecular flexibility index (Phi) is 6.46. The van der Waals surface area contributed by atoms with Gasteiger partial charge in [0.15, 0.2) is 6.10 Å². The molecule has 1 heterocycles. The van der Waals surface area contributed by atoms with Crippen LogP contribution in [-0.2, 0) is 26.7 Å². The van der Waals surface area contributed by atoms with E-state index in [-0.39, 0.29) is 22.2 Å². The third-order valence-electron chi connectivity index (χ3n) is 5.10. The minimum atomic E-state index is -4.77. The summed E-state index contributed by atoms with van der Waals surface area (Å²) in [5.41, 5.74) is -0.852. The van der Waals surface area contributed by atoms with E-state index in [1.807, 2.05) is 0 Å². The number of hydrogen-bond acceptors (Lipinski definition) is 4. The highest BCUT2D eigenvalue weighted by atomic mass is 35.5. The lowest BCUT2D eigenvalue weighted by Crippen LogP contribution is -2.49. The van der Waals surface area contributed by atoms with Crippen molar-refractivity contribution < 1.29 is 31.1 Å². The fourth-order valence-electron chi connectivity index (χ4n) is 3.54. The van der Waals surface area contributed by atoms with Crippen LogP contribution in [0, 0.1) is 0 Å². The fourth-order valence-corrected chi connectivity index (χ4v) is 5.29. The maximum Gasteiger partial charge on any atom is 0.418 e. The van der Waals surface area contributed by atoms with Crippen molar-refractivity contribution in [2.24, 2.45) is 0 Å². The van der Waals surface area contributed by atoms with Crippen molar-refractivity contribution in [3.05, 3.63) is 88.9 Å². The van der Waals surface area contributed by atoms with E-state index in [0.29, 0.717) is 11.6 Å². The maximum atomic E-state index is 13.4. The first-order valence-corrected chi connectivity index (χ1v) is 12.0. The predicted molar refractivity (Wildman–Crippen MR) is 122 cm³/mol. The normalized spacial score (nSPS) is 15.9. The second kappa shape index (κ2) is 9.19. The van der Waals surface area contributed by atoms with Gasteiger partial charge in [-0.1, -0.05) is 54.1 Å². The SMILES string of the molecule is O=C(Nc1ccc(Cl)cc1C(F)(F)F)C1CN(S(=O)(=O)Cc2ccccc2)c2ccccc2O1. The summed E-state index contributed by atoms with van der Waals surface area (Å²) in [6.07, 6.45) is -6.16. The molecule has 1 unspecified atom stereocenters. The third-order valence-corrected chi connectivity index (χ3v) is 7.05. The molecule has 0 spiro atoms. The van der Waals surface area contributed by atoms with E-state index in [0.717, 1.165) is 10.4 Å². The molecule has 3 aromatic carbocycles. The molecule has 178 valence electrons. The summed E-state index contributed by atoms with van der Waals surface area (Å²) in [6.45, 7) is -0.410. The molecule has 11 heteroatoms. The molecular weight excluding hydrogens is 493 g/mol. The van der Waals surface area contributed by atoms with E-state index in [2.05, 4.69) is 5.32 Å². The molecule has 0 fully saturated rings. The van der Waals surface area contributed by atoms with Gasteiger partial charge < -0.3 is 10.1 Å². The van der Waals surface area contributed by atoms with Gasteiger partial charge in [-0.2, -0.15) is 13.2 Å². The molecular formula is C23H18ClF3N2O4S. The van der Waals surface area contributed by atoms with Gasteiger partial charge in [-0.05, 0) is 35.9 Å². The van der Waals surface area contributed by atoms with Gasteiger partial charge in [-0.3, -0.25) is 9.10 Å². The summed E-state index contributed by atoms with van der Waals surface area (Å²) in [5, 5.41) is 2.06. The van der Waals surface area contributed by atoms with E-state index in [9.17, 15) is 26.4 Å². The summed E-state index contributed by atoms with van der Waals surface area (Å²) >= 11 is 5.69. The van der Waals surface area contributed by atoms with Gasteiger partial charge in [0.1, 0.15) is 5.75 Å². The molecule has 1 amide bonds. The Morgan fingerprint density at radius 2 is 1.74 bits per heavy atom. The van der Waals surface area contributed by atoms with Crippen molar-refractivity contribution >= 4 is 38.9 Å². The molecule has 0 saturated carbocycles. The number of carbonyl (C=O) groups is 1. The minimum Gasteiger partial charge on any atom is -0.476 e. The van der Waals surface area contributed by atoms with Crippen LogP contribution in [0.5, 0.6) is 5.75 Å². The first kappa shape index (κ1) is 23.9. The van der Waals surface area contributed by atoms with Crippen molar-refractivity contribution in [1.29, 1.82) is 0 Å². The monoisotopic (exact) mass is 510 g/mol. The Morgan fingerprint density at radius 3 is 2.44 bits per heavy atom. The molecule has 1 atom stereocenters. The number of hydrogen-bond donors (Lipinski definition) is 1. The summed E-state index contributed by atoms with van der Waals surface area (Å²) in [5.74, 6) is -1.13. The van der Waals surface area contributed by atoms with Crippen molar-refractivity contribution in [2.45, 2.75) is 18.0 Å². The lowest BCUT2D eigenvalue weighted by Gasteiger charge is -2.34. The number of benzene rings is 3. The number of carbonyl (C=O) groups excluding carboxylic acids is 1. The molecule has 0 saturated heterocycles. The van der Waals surface area contributed by atoms with Crippen LogP contribution in [0.2, 0.25) is 5.02 Å². The summed E-state index contributed by atoms with van der Waals surface area (Å²) in [7, 11) is -3.95. The number of ether oxygens (including phenoxy) is 1. The van der Waals surface area contributed by atoms with E-state index in [4.69, 9.17) is 16.3 Å². The smallest absolute Gasteiger partial charge is 0.418 e. The lowest BCUT2D eigenvalue weighted by atomic mass is 10.1. The highest BCUT2D eigenvalue weighted by Gasteiger charge is 2.38. The van der Waals surface area contributed by atoms with Gasteiger partial charge in [-0.25, -0.2) is 8.42 Å². The van der Waals surface area contributed by atoms with Crippen LogP contribution in [0.25, 0.3) is 0 Å². The average Bonchev–Trinajstić information content (AvgIpc) is 2.79. The number of halogens is 4.